The van der Waals surface area contributed by atoms with Gasteiger partial charge in [0.2, 0.25) is 0 Å². The molecule has 0 atom stereocenters. The molecule has 10 rings (SSSR count). The number of fused-ring (bicyclic) bond motifs is 5. The summed E-state index contributed by atoms with van der Waals surface area (Å²) in [5, 5.41) is 4.30. The van der Waals surface area contributed by atoms with Crippen LogP contribution in [0.15, 0.2) is 188 Å². The first-order chi connectivity index (χ1) is 26.7. The molecule has 0 unspecified atom stereocenters. The molecule has 0 fully saturated rings. The van der Waals surface area contributed by atoms with Gasteiger partial charge in [-0.05, 0) is 40.8 Å². The number of hydrogen-bond acceptors (Lipinski definition) is 5. The van der Waals surface area contributed by atoms with Crippen molar-refractivity contribution in [2.24, 2.45) is 0 Å². The summed E-state index contributed by atoms with van der Waals surface area (Å²) in [7, 11) is 0. The van der Waals surface area contributed by atoms with Crippen molar-refractivity contribution in [1.82, 2.24) is 24.9 Å². The fraction of sp³-hybridized carbons (Fsp3) is 0. The average Bonchev–Trinajstić information content (AvgIpc) is 3.26. The van der Waals surface area contributed by atoms with Gasteiger partial charge in [0.15, 0.2) is 17.5 Å². The molecule has 0 aliphatic carbocycles. The number of nitrogens with zero attached hydrogens (tertiary/aromatic N) is 5. The molecule has 54 heavy (non-hydrogen) atoms. The normalized spacial score (nSPS) is 11.3. The zero-order valence-corrected chi connectivity index (χ0v) is 29.1. The molecule has 3 aromatic heterocycles. The van der Waals surface area contributed by atoms with E-state index in [1.807, 2.05) is 72.8 Å². The van der Waals surface area contributed by atoms with Gasteiger partial charge in [0.05, 0.1) is 22.4 Å². The lowest BCUT2D eigenvalue weighted by Crippen LogP contribution is -2.00. The number of aromatic nitrogens is 5. The van der Waals surface area contributed by atoms with Crippen molar-refractivity contribution in [1.29, 1.82) is 0 Å². The molecule has 10 aromatic rings. The summed E-state index contributed by atoms with van der Waals surface area (Å²) >= 11 is 0. The maximum absolute atomic E-state index is 5.34. The Morgan fingerprint density at radius 2 is 0.815 bits per heavy atom. The van der Waals surface area contributed by atoms with E-state index in [9.17, 15) is 0 Å². The third kappa shape index (κ3) is 5.74. The van der Waals surface area contributed by atoms with Crippen LogP contribution in [0.25, 0.3) is 100 Å². The Morgan fingerprint density at radius 1 is 0.296 bits per heavy atom. The van der Waals surface area contributed by atoms with Crippen molar-refractivity contribution >= 4 is 32.6 Å². The molecule has 0 saturated carbocycles. The van der Waals surface area contributed by atoms with E-state index in [4.69, 9.17) is 24.9 Å². The van der Waals surface area contributed by atoms with Crippen molar-refractivity contribution < 1.29 is 0 Å². The van der Waals surface area contributed by atoms with E-state index in [0.29, 0.717) is 17.5 Å². The average molecular weight is 690 g/mol. The van der Waals surface area contributed by atoms with E-state index in [-0.39, 0.29) is 0 Å². The van der Waals surface area contributed by atoms with Gasteiger partial charge in [-0.25, -0.2) is 24.9 Å². The lowest BCUT2D eigenvalue weighted by Gasteiger charge is -2.14. The maximum Gasteiger partial charge on any atom is 0.164 e. The second-order valence-electron chi connectivity index (χ2n) is 13.3. The number of benzene rings is 7. The fourth-order valence-electron chi connectivity index (χ4n) is 7.21. The molecule has 3 heterocycles. The van der Waals surface area contributed by atoms with Gasteiger partial charge >= 0.3 is 0 Å². The van der Waals surface area contributed by atoms with Crippen LogP contribution in [0, 0.1) is 0 Å². The van der Waals surface area contributed by atoms with E-state index in [1.165, 1.54) is 0 Å². The first-order valence-corrected chi connectivity index (χ1v) is 18.0. The lowest BCUT2D eigenvalue weighted by atomic mass is 9.94. The van der Waals surface area contributed by atoms with Crippen molar-refractivity contribution in [2.75, 3.05) is 0 Å². The monoisotopic (exact) mass is 689 g/mol. The third-order valence-electron chi connectivity index (χ3n) is 9.89. The third-order valence-corrected chi connectivity index (χ3v) is 9.89. The highest BCUT2D eigenvalue weighted by Crippen LogP contribution is 2.39. The molecule has 0 bridgehead atoms. The molecular formula is C49H31N5. The van der Waals surface area contributed by atoms with Gasteiger partial charge in [-0.1, -0.05) is 164 Å². The Hall–Kier alpha value is -7.37. The van der Waals surface area contributed by atoms with Crippen LogP contribution < -0.4 is 0 Å². The topological polar surface area (TPSA) is 64.5 Å². The summed E-state index contributed by atoms with van der Waals surface area (Å²) in [6.07, 6.45) is 0. The van der Waals surface area contributed by atoms with Crippen molar-refractivity contribution in [3.05, 3.63) is 188 Å². The Bertz CT molecular complexity index is 2910. The summed E-state index contributed by atoms with van der Waals surface area (Å²) in [6, 6.07) is 64.5. The van der Waals surface area contributed by atoms with Gasteiger partial charge < -0.3 is 0 Å². The van der Waals surface area contributed by atoms with Crippen LogP contribution in [0.5, 0.6) is 0 Å². The smallest absolute Gasteiger partial charge is 0.164 e. The van der Waals surface area contributed by atoms with Gasteiger partial charge in [-0.15, -0.1) is 0 Å². The van der Waals surface area contributed by atoms with Gasteiger partial charge in [-0.3, -0.25) is 0 Å². The molecule has 0 amide bonds. The summed E-state index contributed by atoms with van der Waals surface area (Å²) < 4.78 is 0. The quantitative estimate of drug-likeness (QED) is 0.163. The van der Waals surface area contributed by atoms with Crippen molar-refractivity contribution in [2.45, 2.75) is 0 Å². The minimum Gasteiger partial charge on any atom is -0.247 e. The van der Waals surface area contributed by atoms with Crippen LogP contribution in [0.2, 0.25) is 0 Å². The first kappa shape index (κ1) is 31.4. The van der Waals surface area contributed by atoms with Crippen LogP contribution in [0.3, 0.4) is 0 Å². The lowest BCUT2D eigenvalue weighted by molar-refractivity contribution is 1.07. The molecule has 0 aliphatic rings. The number of rotatable bonds is 6. The largest absolute Gasteiger partial charge is 0.247 e. The highest BCUT2D eigenvalue weighted by atomic mass is 15.0. The minimum atomic E-state index is 0.622. The summed E-state index contributed by atoms with van der Waals surface area (Å²) in [4.78, 5) is 25.5. The molecule has 5 heteroatoms. The Labute approximate surface area is 312 Å². The molecule has 5 nitrogen and oxygen atoms in total. The van der Waals surface area contributed by atoms with E-state index in [1.54, 1.807) is 0 Å². The Balaban J connectivity index is 1.15. The van der Waals surface area contributed by atoms with Crippen LogP contribution >= 0.6 is 0 Å². The molecule has 0 saturated heterocycles. The van der Waals surface area contributed by atoms with E-state index < -0.39 is 0 Å². The fourth-order valence-corrected chi connectivity index (χ4v) is 7.21. The highest BCUT2D eigenvalue weighted by molar-refractivity contribution is 6.20. The van der Waals surface area contributed by atoms with Gasteiger partial charge in [0, 0.05) is 44.0 Å². The Kier molecular flexibility index (Phi) is 7.73. The second kappa shape index (κ2) is 13.3. The minimum absolute atomic E-state index is 0.622. The molecule has 7 aromatic carbocycles. The van der Waals surface area contributed by atoms with Crippen LogP contribution in [-0.4, -0.2) is 24.9 Å². The van der Waals surface area contributed by atoms with Crippen molar-refractivity contribution in [3.63, 3.8) is 0 Å². The summed E-state index contributed by atoms with van der Waals surface area (Å²) in [5.74, 6) is 1.90. The predicted molar refractivity (Wildman–Crippen MR) is 221 cm³/mol. The first-order valence-electron chi connectivity index (χ1n) is 18.0. The van der Waals surface area contributed by atoms with Gasteiger partial charge in [0.25, 0.3) is 0 Å². The molecular weight excluding hydrogens is 659 g/mol. The highest BCUT2D eigenvalue weighted by Gasteiger charge is 2.17. The number of hydrogen-bond donors (Lipinski definition) is 0. The van der Waals surface area contributed by atoms with Gasteiger partial charge in [-0.2, -0.15) is 0 Å². The van der Waals surface area contributed by atoms with E-state index in [0.717, 1.165) is 82.9 Å². The molecule has 0 radical (unpaired) electrons. The van der Waals surface area contributed by atoms with Crippen molar-refractivity contribution in [3.8, 4) is 67.8 Å². The molecule has 0 N–H and O–H groups in total. The molecule has 252 valence electrons. The predicted octanol–water partition coefficient (Wildman–Crippen LogP) is 12.1. The maximum atomic E-state index is 5.34. The van der Waals surface area contributed by atoms with E-state index in [2.05, 4.69) is 115 Å². The van der Waals surface area contributed by atoms with Crippen LogP contribution in [0.1, 0.15) is 0 Å². The number of pyridine rings is 2. The SMILES string of the molecule is c1ccc(-c2ccc3ccc4c5cc(-c6cccc(-c7nc(-c8ccccc8)nc(-c8ccccc8)n7)c6)ccc5nc(-c5ccccc5)c4c3n2)cc1. The van der Waals surface area contributed by atoms with Gasteiger partial charge in [0.1, 0.15) is 0 Å². The van der Waals surface area contributed by atoms with E-state index >= 15 is 0 Å². The molecule has 0 aliphatic heterocycles. The zero-order valence-electron chi connectivity index (χ0n) is 29.1. The van der Waals surface area contributed by atoms with Crippen LogP contribution in [0.4, 0.5) is 0 Å². The standard InChI is InChI=1S/C49H31N5/c1-5-14-32(15-6-1)42-28-25-34-24-27-40-41-31-38(26-29-43(41)51-45(44(40)46(34)50-42)33-16-7-2-8-17-33)37-22-13-23-39(30-37)49-53-47(35-18-9-3-10-19-35)52-48(54-49)36-20-11-4-12-21-36/h1-31H. The second-order valence-corrected chi connectivity index (χ2v) is 13.3. The Morgan fingerprint density at radius 3 is 1.46 bits per heavy atom. The summed E-state index contributed by atoms with van der Waals surface area (Å²) in [6.45, 7) is 0. The summed E-state index contributed by atoms with van der Waals surface area (Å²) in [5.41, 5.74) is 10.8. The molecule has 0 spiro atoms. The zero-order chi connectivity index (χ0) is 35.8. The van der Waals surface area contributed by atoms with Crippen LogP contribution in [-0.2, 0) is 0 Å².